The molecule has 0 aliphatic rings. The minimum atomic E-state index is -0.374. The van der Waals surface area contributed by atoms with Crippen molar-refractivity contribution in [3.05, 3.63) is 28.2 Å². The molecule has 1 aromatic carbocycles. The van der Waals surface area contributed by atoms with Gasteiger partial charge in [-0.2, -0.15) is 0 Å². The van der Waals surface area contributed by atoms with E-state index in [0.29, 0.717) is 22.3 Å². The van der Waals surface area contributed by atoms with Gasteiger partial charge in [0.1, 0.15) is 0 Å². The standard InChI is InChI=1S/C12H17Cl2NOS/c1-2-5-15-7-10(16)8-17-12-6-9(13)3-4-11(12)14/h3-4,6,10,15-16H,2,5,7-8H2,1H3. The maximum absolute atomic E-state index is 9.74. The molecule has 1 aromatic rings. The van der Waals surface area contributed by atoms with E-state index in [0.717, 1.165) is 17.9 Å². The third-order valence-corrected chi connectivity index (χ3v) is 4.01. The van der Waals surface area contributed by atoms with Gasteiger partial charge < -0.3 is 10.4 Å². The largest absolute Gasteiger partial charge is 0.391 e. The lowest BCUT2D eigenvalue weighted by molar-refractivity contribution is 0.196. The predicted molar refractivity (Wildman–Crippen MR) is 76.4 cm³/mol. The van der Waals surface area contributed by atoms with E-state index in [-0.39, 0.29) is 6.10 Å². The van der Waals surface area contributed by atoms with Crippen molar-refractivity contribution >= 4 is 35.0 Å². The molecule has 5 heteroatoms. The van der Waals surface area contributed by atoms with Gasteiger partial charge in [0.05, 0.1) is 11.1 Å². The smallest absolute Gasteiger partial charge is 0.0758 e. The first-order valence-corrected chi connectivity index (χ1v) is 7.34. The van der Waals surface area contributed by atoms with E-state index in [1.165, 1.54) is 11.8 Å². The molecule has 0 aromatic heterocycles. The van der Waals surface area contributed by atoms with E-state index in [2.05, 4.69) is 12.2 Å². The van der Waals surface area contributed by atoms with Crippen LogP contribution in [0.4, 0.5) is 0 Å². The van der Waals surface area contributed by atoms with E-state index >= 15 is 0 Å². The normalized spacial score (nSPS) is 12.7. The summed E-state index contributed by atoms with van der Waals surface area (Å²) in [5, 5.41) is 14.2. The molecule has 1 rings (SSSR count). The van der Waals surface area contributed by atoms with Gasteiger partial charge in [-0.15, -0.1) is 11.8 Å². The Morgan fingerprint density at radius 1 is 1.41 bits per heavy atom. The third-order valence-electron chi connectivity index (χ3n) is 2.13. The summed E-state index contributed by atoms with van der Waals surface area (Å²) in [5.74, 6) is 0.608. The molecule has 1 atom stereocenters. The van der Waals surface area contributed by atoms with Crippen molar-refractivity contribution < 1.29 is 5.11 Å². The molecule has 0 radical (unpaired) electrons. The zero-order chi connectivity index (χ0) is 12.7. The number of rotatable bonds is 7. The Balaban J connectivity index is 2.36. The average Bonchev–Trinajstić information content (AvgIpc) is 2.31. The highest BCUT2D eigenvalue weighted by atomic mass is 35.5. The maximum atomic E-state index is 9.74. The molecule has 96 valence electrons. The predicted octanol–water partition coefficient (Wildman–Crippen LogP) is 3.45. The van der Waals surface area contributed by atoms with Gasteiger partial charge in [-0.05, 0) is 31.2 Å². The van der Waals surface area contributed by atoms with Gasteiger partial charge in [0.25, 0.3) is 0 Å². The molecule has 2 N–H and O–H groups in total. The summed E-state index contributed by atoms with van der Waals surface area (Å²) in [6.45, 7) is 3.64. The van der Waals surface area contributed by atoms with E-state index in [1.807, 2.05) is 6.07 Å². The van der Waals surface area contributed by atoms with Crippen LogP contribution in [0.3, 0.4) is 0 Å². The molecule has 1 unspecified atom stereocenters. The Morgan fingerprint density at radius 2 is 2.18 bits per heavy atom. The van der Waals surface area contributed by atoms with Crippen molar-refractivity contribution in [1.82, 2.24) is 5.32 Å². The molecule has 0 saturated carbocycles. The maximum Gasteiger partial charge on any atom is 0.0758 e. The fraction of sp³-hybridized carbons (Fsp3) is 0.500. The van der Waals surface area contributed by atoms with Gasteiger partial charge in [-0.1, -0.05) is 30.1 Å². The number of aliphatic hydroxyl groups excluding tert-OH is 1. The van der Waals surface area contributed by atoms with Gasteiger partial charge in [0.15, 0.2) is 0 Å². The Bertz CT molecular complexity index is 349. The van der Waals surface area contributed by atoms with Gasteiger partial charge in [0.2, 0.25) is 0 Å². The highest BCUT2D eigenvalue weighted by molar-refractivity contribution is 7.99. The van der Waals surface area contributed by atoms with Crippen molar-refractivity contribution in [3.63, 3.8) is 0 Å². The van der Waals surface area contributed by atoms with Crippen LogP contribution in [-0.4, -0.2) is 30.1 Å². The lowest BCUT2D eigenvalue weighted by Gasteiger charge is -2.11. The number of aliphatic hydroxyl groups is 1. The minimum absolute atomic E-state index is 0.374. The number of hydrogen-bond donors (Lipinski definition) is 2. The van der Waals surface area contributed by atoms with Crippen molar-refractivity contribution in [2.24, 2.45) is 0 Å². The molecule has 0 fully saturated rings. The summed E-state index contributed by atoms with van der Waals surface area (Å²) in [5.41, 5.74) is 0. The molecule has 0 spiro atoms. The van der Waals surface area contributed by atoms with E-state index < -0.39 is 0 Å². The molecule has 0 aliphatic carbocycles. The van der Waals surface area contributed by atoms with Crippen LogP contribution in [0.1, 0.15) is 13.3 Å². The fourth-order valence-electron chi connectivity index (χ4n) is 1.28. The summed E-state index contributed by atoms with van der Waals surface area (Å²) in [6, 6.07) is 5.35. The van der Waals surface area contributed by atoms with Crippen LogP contribution >= 0.6 is 35.0 Å². The van der Waals surface area contributed by atoms with Crippen LogP contribution < -0.4 is 5.32 Å². The second-order valence-corrected chi connectivity index (χ2v) is 5.65. The van der Waals surface area contributed by atoms with Crippen molar-refractivity contribution in [2.45, 2.75) is 24.3 Å². The van der Waals surface area contributed by atoms with Gasteiger partial charge in [-0.3, -0.25) is 0 Å². The SMILES string of the molecule is CCCNCC(O)CSc1cc(Cl)ccc1Cl. The van der Waals surface area contributed by atoms with Crippen molar-refractivity contribution in [1.29, 1.82) is 0 Å². The zero-order valence-corrected chi connectivity index (χ0v) is 12.1. The first-order chi connectivity index (χ1) is 8.13. The van der Waals surface area contributed by atoms with Gasteiger partial charge in [-0.25, -0.2) is 0 Å². The average molecular weight is 294 g/mol. The van der Waals surface area contributed by atoms with Crippen LogP contribution in [0.25, 0.3) is 0 Å². The summed E-state index contributed by atoms with van der Waals surface area (Å²) >= 11 is 13.4. The van der Waals surface area contributed by atoms with Gasteiger partial charge >= 0.3 is 0 Å². The Morgan fingerprint density at radius 3 is 2.88 bits per heavy atom. The fourth-order valence-corrected chi connectivity index (χ4v) is 2.70. The number of hydrogen-bond acceptors (Lipinski definition) is 3. The van der Waals surface area contributed by atoms with Crippen LogP contribution in [-0.2, 0) is 0 Å². The molecule has 2 nitrogen and oxygen atoms in total. The van der Waals surface area contributed by atoms with E-state index in [1.54, 1.807) is 12.1 Å². The molecule has 0 amide bonds. The number of thioether (sulfide) groups is 1. The summed E-state index contributed by atoms with van der Waals surface area (Å²) in [6.07, 6.45) is 0.696. The van der Waals surface area contributed by atoms with Crippen molar-refractivity contribution in [3.8, 4) is 0 Å². The lowest BCUT2D eigenvalue weighted by Crippen LogP contribution is -2.28. The lowest BCUT2D eigenvalue weighted by atomic mass is 10.4. The van der Waals surface area contributed by atoms with Crippen LogP contribution in [0, 0.1) is 0 Å². The summed E-state index contributed by atoms with van der Waals surface area (Å²) in [7, 11) is 0. The Kier molecular flexibility index (Phi) is 7.32. The molecular formula is C12H17Cl2NOS. The number of nitrogens with one attached hydrogen (secondary N) is 1. The molecule has 17 heavy (non-hydrogen) atoms. The molecule has 0 heterocycles. The second kappa shape index (κ2) is 8.22. The number of halogens is 2. The summed E-state index contributed by atoms with van der Waals surface area (Å²) < 4.78 is 0. The van der Waals surface area contributed by atoms with Crippen LogP contribution in [0.15, 0.2) is 23.1 Å². The first-order valence-electron chi connectivity index (χ1n) is 5.60. The van der Waals surface area contributed by atoms with E-state index in [9.17, 15) is 5.11 Å². The third kappa shape index (κ3) is 5.98. The second-order valence-electron chi connectivity index (χ2n) is 3.74. The molecule has 0 saturated heterocycles. The van der Waals surface area contributed by atoms with Crippen LogP contribution in [0.5, 0.6) is 0 Å². The molecule has 0 bridgehead atoms. The van der Waals surface area contributed by atoms with Crippen molar-refractivity contribution in [2.75, 3.05) is 18.8 Å². The minimum Gasteiger partial charge on any atom is -0.391 e. The summed E-state index contributed by atoms with van der Waals surface area (Å²) in [4.78, 5) is 0.911. The number of benzene rings is 1. The topological polar surface area (TPSA) is 32.3 Å². The highest BCUT2D eigenvalue weighted by Crippen LogP contribution is 2.30. The Hall–Kier alpha value is 0.0700. The zero-order valence-electron chi connectivity index (χ0n) is 9.75. The molecular weight excluding hydrogens is 277 g/mol. The first kappa shape index (κ1) is 15.1. The Labute approximate surface area is 117 Å². The van der Waals surface area contributed by atoms with Crippen LogP contribution in [0.2, 0.25) is 10.0 Å². The quantitative estimate of drug-likeness (QED) is 0.597. The highest BCUT2D eigenvalue weighted by Gasteiger charge is 2.07. The van der Waals surface area contributed by atoms with E-state index in [4.69, 9.17) is 23.2 Å². The van der Waals surface area contributed by atoms with Gasteiger partial charge in [0, 0.05) is 22.2 Å². The molecule has 0 aliphatic heterocycles. The monoisotopic (exact) mass is 293 g/mol.